The molecule has 0 aromatic heterocycles. The lowest BCUT2D eigenvalue weighted by Gasteiger charge is -2.15. The predicted molar refractivity (Wildman–Crippen MR) is 53.3 cm³/mol. The van der Waals surface area contributed by atoms with Crippen LogP contribution in [0.2, 0.25) is 0 Å². The van der Waals surface area contributed by atoms with Crippen molar-refractivity contribution >= 4 is 9.84 Å². The van der Waals surface area contributed by atoms with Crippen molar-refractivity contribution in [3.8, 4) is 0 Å². The van der Waals surface area contributed by atoms with Crippen molar-refractivity contribution in [2.45, 2.75) is 19.9 Å². The molecule has 0 saturated heterocycles. The van der Waals surface area contributed by atoms with E-state index in [2.05, 4.69) is 0 Å². The largest absolute Gasteiger partial charge is 0.384 e. The molecule has 0 amide bonds. The standard InChI is InChI=1S/C8H19NO3S/c1-7(2)8(9)6-13(10,11)5-4-12-3/h7-8H,4-6,9H2,1-3H3. The van der Waals surface area contributed by atoms with Gasteiger partial charge in [-0.25, -0.2) is 8.42 Å². The molecule has 0 aliphatic heterocycles. The first-order valence-corrected chi connectivity index (χ1v) is 6.16. The lowest BCUT2D eigenvalue weighted by molar-refractivity contribution is 0.217. The molecular formula is C8H19NO3S. The van der Waals surface area contributed by atoms with Crippen LogP contribution in [0.1, 0.15) is 13.8 Å². The van der Waals surface area contributed by atoms with Crippen LogP contribution in [0.5, 0.6) is 0 Å². The highest BCUT2D eigenvalue weighted by molar-refractivity contribution is 7.91. The number of hydrogen-bond donors (Lipinski definition) is 1. The van der Waals surface area contributed by atoms with Gasteiger partial charge in [-0.2, -0.15) is 0 Å². The third-order valence-electron chi connectivity index (χ3n) is 1.90. The number of ether oxygens (including phenoxy) is 1. The van der Waals surface area contributed by atoms with Crippen LogP contribution < -0.4 is 5.73 Å². The average Bonchev–Trinajstić information content (AvgIpc) is 2.00. The van der Waals surface area contributed by atoms with Crippen molar-refractivity contribution in [3.05, 3.63) is 0 Å². The van der Waals surface area contributed by atoms with E-state index in [0.29, 0.717) is 0 Å². The van der Waals surface area contributed by atoms with Crippen LogP contribution in [0.25, 0.3) is 0 Å². The molecule has 0 aromatic carbocycles. The van der Waals surface area contributed by atoms with Crippen molar-refractivity contribution < 1.29 is 13.2 Å². The Morgan fingerprint density at radius 1 is 1.38 bits per heavy atom. The number of rotatable bonds is 6. The third kappa shape index (κ3) is 6.01. The van der Waals surface area contributed by atoms with Crippen molar-refractivity contribution in [1.82, 2.24) is 0 Å². The van der Waals surface area contributed by atoms with Crippen LogP contribution in [-0.2, 0) is 14.6 Å². The monoisotopic (exact) mass is 209 g/mol. The van der Waals surface area contributed by atoms with Crippen LogP contribution in [0.15, 0.2) is 0 Å². The van der Waals surface area contributed by atoms with Gasteiger partial charge in [-0.1, -0.05) is 13.8 Å². The van der Waals surface area contributed by atoms with Crippen LogP contribution in [0.4, 0.5) is 0 Å². The predicted octanol–water partition coefficient (Wildman–Crippen LogP) is 0.0309. The average molecular weight is 209 g/mol. The molecule has 4 nitrogen and oxygen atoms in total. The Bertz CT molecular complexity index is 224. The summed E-state index contributed by atoms with van der Waals surface area (Å²) >= 11 is 0. The van der Waals surface area contributed by atoms with Crippen LogP contribution in [0.3, 0.4) is 0 Å². The molecule has 2 N–H and O–H groups in total. The zero-order valence-corrected chi connectivity index (χ0v) is 9.30. The van der Waals surface area contributed by atoms with E-state index in [4.69, 9.17) is 10.5 Å². The van der Waals surface area contributed by atoms with Gasteiger partial charge in [-0.3, -0.25) is 0 Å². The molecule has 0 aliphatic rings. The van der Waals surface area contributed by atoms with Gasteiger partial charge in [0.2, 0.25) is 0 Å². The van der Waals surface area contributed by atoms with E-state index in [1.54, 1.807) is 0 Å². The Morgan fingerprint density at radius 3 is 2.31 bits per heavy atom. The number of hydrogen-bond acceptors (Lipinski definition) is 4. The van der Waals surface area contributed by atoms with E-state index in [1.807, 2.05) is 13.8 Å². The van der Waals surface area contributed by atoms with Gasteiger partial charge in [0.05, 0.1) is 18.1 Å². The van der Waals surface area contributed by atoms with Crippen molar-refractivity contribution in [3.63, 3.8) is 0 Å². The second kappa shape index (κ2) is 5.57. The van der Waals surface area contributed by atoms with Gasteiger partial charge in [0.1, 0.15) is 0 Å². The van der Waals surface area contributed by atoms with Gasteiger partial charge in [0.15, 0.2) is 9.84 Å². The SMILES string of the molecule is COCCS(=O)(=O)CC(N)C(C)C. The van der Waals surface area contributed by atoms with Crippen LogP contribution in [-0.4, -0.2) is 39.7 Å². The molecule has 0 rings (SSSR count). The van der Waals surface area contributed by atoms with Gasteiger partial charge >= 0.3 is 0 Å². The minimum Gasteiger partial charge on any atom is -0.384 e. The highest BCUT2D eigenvalue weighted by Crippen LogP contribution is 2.02. The zero-order valence-electron chi connectivity index (χ0n) is 8.49. The molecule has 5 heteroatoms. The lowest BCUT2D eigenvalue weighted by Crippen LogP contribution is -2.35. The summed E-state index contributed by atoms with van der Waals surface area (Å²) in [6.07, 6.45) is 0. The maximum absolute atomic E-state index is 11.3. The minimum atomic E-state index is -3.04. The molecule has 1 atom stereocenters. The third-order valence-corrected chi connectivity index (χ3v) is 3.58. The Labute approximate surface area is 80.4 Å². The van der Waals surface area contributed by atoms with Crippen LogP contribution in [0, 0.1) is 5.92 Å². The Hall–Kier alpha value is -0.130. The molecule has 0 radical (unpaired) electrons. The van der Waals surface area contributed by atoms with Gasteiger partial charge in [0, 0.05) is 13.2 Å². The quantitative estimate of drug-likeness (QED) is 0.670. The number of methoxy groups -OCH3 is 1. The molecular weight excluding hydrogens is 190 g/mol. The second-order valence-electron chi connectivity index (χ2n) is 3.52. The van der Waals surface area contributed by atoms with Crippen molar-refractivity contribution in [2.75, 3.05) is 25.2 Å². The summed E-state index contributed by atoms with van der Waals surface area (Å²) in [4.78, 5) is 0. The zero-order chi connectivity index (χ0) is 10.5. The molecule has 0 fully saturated rings. The van der Waals surface area contributed by atoms with E-state index in [-0.39, 0.29) is 30.1 Å². The fraction of sp³-hybridized carbons (Fsp3) is 1.00. The molecule has 13 heavy (non-hydrogen) atoms. The normalized spacial score (nSPS) is 14.8. The summed E-state index contributed by atoms with van der Waals surface area (Å²) in [6, 6.07) is -0.276. The smallest absolute Gasteiger partial charge is 0.154 e. The molecule has 0 aliphatic carbocycles. The Balaban J connectivity index is 4.02. The molecule has 0 saturated carbocycles. The molecule has 1 unspecified atom stereocenters. The van der Waals surface area contributed by atoms with E-state index in [1.165, 1.54) is 7.11 Å². The van der Waals surface area contributed by atoms with Crippen molar-refractivity contribution in [2.24, 2.45) is 11.7 Å². The first-order valence-electron chi connectivity index (χ1n) is 4.34. The minimum absolute atomic E-state index is 0.0496. The number of sulfone groups is 1. The van der Waals surface area contributed by atoms with Gasteiger partial charge < -0.3 is 10.5 Å². The maximum atomic E-state index is 11.3. The van der Waals surface area contributed by atoms with E-state index < -0.39 is 9.84 Å². The molecule has 0 aromatic rings. The Kier molecular flexibility index (Phi) is 5.51. The summed E-state index contributed by atoms with van der Waals surface area (Å²) in [5.74, 6) is 0.301. The Morgan fingerprint density at radius 2 is 1.92 bits per heavy atom. The number of nitrogens with two attached hydrogens (primary N) is 1. The van der Waals surface area contributed by atoms with Gasteiger partial charge in [-0.05, 0) is 5.92 Å². The summed E-state index contributed by atoms with van der Waals surface area (Å²) in [5, 5.41) is 0. The summed E-state index contributed by atoms with van der Waals surface area (Å²) in [5.41, 5.74) is 5.65. The van der Waals surface area contributed by atoms with Crippen LogP contribution >= 0.6 is 0 Å². The molecule has 0 bridgehead atoms. The molecule has 0 heterocycles. The van der Waals surface area contributed by atoms with Gasteiger partial charge in [-0.15, -0.1) is 0 Å². The van der Waals surface area contributed by atoms with E-state index in [0.717, 1.165) is 0 Å². The fourth-order valence-corrected chi connectivity index (χ4v) is 2.34. The highest BCUT2D eigenvalue weighted by Gasteiger charge is 2.18. The van der Waals surface area contributed by atoms with Crippen molar-refractivity contribution in [1.29, 1.82) is 0 Å². The first-order chi connectivity index (χ1) is 5.89. The maximum Gasteiger partial charge on any atom is 0.154 e. The van der Waals surface area contributed by atoms with E-state index in [9.17, 15) is 8.42 Å². The highest BCUT2D eigenvalue weighted by atomic mass is 32.2. The summed E-state index contributed by atoms with van der Waals surface area (Å²) < 4.78 is 27.4. The van der Waals surface area contributed by atoms with E-state index >= 15 is 0 Å². The molecule has 0 spiro atoms. The summed E-state index contributed by atoms with van der Waals surface area (Å²) in [6.45, 7) is 4.07. The summed E-state index contributed by atoms with van der Waals surface area (Å²) in [7, 11) is -1.55. The molecule has 80 valence electrons. The fourth-order valence-electron chi connectivity index (χ4n) is 0.779. The lowest BCUT2D eigenvalue weighted by atomic mass is 10.1. The topological polar surface area (TPSA) is 69.4 Å². The second-order valence-corrected chi connectivity index (χ2v) is 5.74. The first kappa shape index (κ1) is 12.9. The van der Waals surface area contributed by atoms with Gasteiger partial charge in [0.25, 0.3) is 0 Å².